The summed E-state index contributed by atoms with van der Waals surface area (Å²) in [5.74, 6) is -0.738. The molecule has 0 bridgehead atoms. The van der Waals surface area contributed by atoms with Crippen LogP contribution in [0.25, 0.3) is 0 Å². The van der Waals surface area contributed by atoms with E-state index in [4.69, 9.17) is 4.52 Å². The Morgan fingerprint density at radius 1 is 1.23 bits per heavy atom. The predicted molar refractivity (Wildman–Crippen MR) is 106 cm³/mol. The fourth-order valence-electron chi connectivity index (χ4n) is 7.66. The summed E-state index contributed by atoms with van der Waals surface area (Å²) in [4.78, 5) is 43.9. The third-order valence-electron chi connectivity index (χ3n) is 8.89. The molecule has 0 aromatic heterocycles. The molecule has 0 aliphatic heterocycles. The molecule has 4 aliphatic rings. The Hall–Kier alpha value is -0.890. The fraction of sp³-hybridized carbons (Fsp3) is 0.810. The number of allylic oxidation sites excluding steroid dienone is 1. The molecule has 0 unspecified atom stereocenters. The minimum absolute atomic E-state index is 0.0443. The molecule has 168 valence electrons. The van der Waals surface area contributed by atoms with Crippen LogP contribution in [0.5, 0.6) is 0 Å². The summed E-state index contributed by atoms with van der Waals surface area (Å²) in [5, 5.41) is 20.9. The second-order valence-electron chi connectivity index (χ2n) is 10.1. The van der Waals surface area contributed by atoms with Crippen LogP contribution in [0.2, 0.25) is 0 Å². The molecule has 4 aliphatic carbocycles. The van der Waals surface area contributed by atoms with Crippen LogP contribution >= 0.6 is 7.82 Å². The Morgan fingerprint density at radius 3 is 2.57 bits per heavy atom. The van der Waals surface area contributed by atoms with E-state index < -0.39 is 37.3 Å². The van der Waals surface area contributed by atoms with Gasteiger partial charge in [0, 0.05) is 11.8 Å². The molecule has 9 heteroatoms. The van der Waals surface area contributed by atoms with Crippen molar-refractivity contribution in [2.24, 2.45) is 28.6 Å². The molecule has 4 rings (SSSR count). The molecule has 0 radical (unpaired) electrons. The van der Waals surface area contributed by atoms with Crippen LogP contribution in [0.1, 0.15) is 58.8 Å². The Morgan fingerprint density at radius 2 is 1.93 bits per heavy atom. The van der Waals surface area contributed by atoms with Gasteiger partial charge in [-0.25, -0.2) is 4.57 Å². The van der Waals surface area contributed by atoms with Crippen LogP contribution < -0.4 is 0 Å². The van der Waals surface area contributed by atoms with Crippen molar-refractivity contribution in [3.8, 4) is 0 Å². The van der Waals surface area contributed by atoms with E-state index in [1.807, 2.05) is 0 Å². The summed E-state index contributed by atoms with van der Waals surface area (Å²) >= 11 is 0. The number of hydrogen-bond acceptors (Lipinski definition) is 6. The largest absolute Gasteiger partial charge is 0.470 e. The summed E-state index contributed by atoms with van der Waals surface area (Å²) in [5.41, 5.74) is -2.04. The zero-order valence-electron chi connectivity index (χ0n) is 17.4. The number of carbonyl (C=O) groups excluding carboxylic acids is 2. The summed E-state index contributed by atoms with van der Waals surface area (Å²) in [7, 11) is -5.01. The highest BCUT2D eigenvalue weighted by atomic mass is 31.2. The number of hydrogen-bond donors (Lipinski definition) is 4. The molecule has 4 N–H and O–H groups in total. The highest BCUT2D eigenvalue weighted by molar-refractivity contribution is 7.46. The average molecular weight is 442 g/mol. The number of aliphatic hydroxyl groups excluding tert-OH is 2. The summed E-state index contributed by atoms with van der Waals surface area (Å²) in [6.07, 6.45) is 4.34. The molecule has 30 heavy (non-hydrogen) atoms. The van der Waals surface area contributed by atoms with Crippen LogP contribution in [0.4, 0.5) is 0 Å². The van der Waals surface area contributed by atoms with Gasteiger partial charge in [-0.2, -0.15) is 0 Å². The maximum atomic E-state index is 12.8. The van der Waals surface area contributed by atoms with Crippen LogP contribution in [0.3, 0.4) is 0 Å². The highest BCUT2D eigenvalue weighted by Gasteiger charge is 2.70. The summed E-state index contributed by atoms with van der Waals surface area (Å²) in [6.45, 7) is 3.01. The SMILES string of the molecule is C[C@]12CCC(=O)C=C1CC[C@@H]1[C@@H]2[C@@H](O)C[C@@]2(C)[C@H]1CC[C@@]2(OP(=O)(O)O)C(=O)CO. The minimum Gasteiger partial charge on any atom is -0.393 e. The van der Waals surface area contributed by atoms with E-state index in [-0.39, 0.29) is 41.8 Å². The first-order valence-corrected chi connectivity index (χ1v) is 12.2. The van der Waals surface area contributed by atoms with Gasteiger partial charge >= 0.3 is 7.82 Å². The number of carbonyl (C=O) groups is 2. The second kappa shape index (κ2) is 7.06. The number of rotatable bonds is 4. The first-order chi connectivity index (χ1) is 13.9. The van der Waals surface area contributed by atoms with E-state index in [1.54, 1.807) is 13.0 Å². The number of phosphoric ester groups is 1. The number of fused-ring (bicyclic) bond motifs is 5. The lowest BCUT2D eigenvalue weighted by Gasteiger charge is -2.60. The molecule has 0 heterocycles. The Balaban J connectivity index is 1.77. The molecule has 0 spiro atoms. The van der Waals surface area contributed by atoms with E-state index in [9.17, 15) is 34.2 Å². The van der Waals surface area contributed by atoms with Gasteiger partial charge in [-0.15, -0.1) is 0 Å². The van der Waals surface area contributed by atoms with Crippen LogP contribution in [-0.4, -0.2) is 49.9 Å². The molecule has 3 saturated carbocycles. The Bertz CT molecular complexity index is 848. The van der Waals surface area contributed by atoms with Gasteiger partial charge in [0.05, 0.1) is 6.10 Å². The smallest absolute Gasteiger partial charge is 0.393 e. The number of aliphatic hydroxyl groups is 2. The van der Waals surface area contributed by atoms with Gasteiger partial charge in [0.1, 0.15) is 12.2 Å². The Kier molecular flexibility index (Phi) is 5.25. The molecule has 7 atom stereocenters. The van der Waals surface area contributed by atoms with Crippen molar-refractivity contribution in [2.75, 3.05) is 6.61 Å². The minimum atomic E-state index is -5.01. The second-order valence-corrected chi connectivity index (χ2v) is 11.3. The maximum absolute atomic E-state index is 12.8. The molecule has 0 saturated heterocycles. The number of Topliss-reactive ketones (excluding diaryl/α,β-unsaturated/α-hetero) is 1. The number of ketones is 2. The molecule has 0 amide bonds. The molecular formula is C21H31O8P. The van der Waals surface area contributed by atoms with Crippen molar-refractivity contribution in [3.63, 3.8) is 0 Å². The highest BCUT2D eigenvalue weighted by Crippen LogP contribution is 2.70. The lowest BCUT2D eigenvalue weighted by Crippen LogP contribution is -2.62. The fourth-order valence-corrected chi connectivity index (χ4v) is 8.47. The summed E-state index contributed by atoms with van der Waals surface area (Å²) in [6, 6.07) is 0. The van der Waals surface area contributed by atoms with Gasteiger partial charge in [0.2, 0.25) is 0 Å². The van der Waals surface area contributed by atoms with Gasteiger partial charge in [-0.05, 0) is 67.8 Å². The lowest BCUT2D eigenvalue weighted by atomic mass is 9.45. The molecule has 0 aromatic rings. The Labute approximate surface area is 175 Å². The van der Waals surface area contributed by atoms with Gasteiger partial charge in [-0.3, -0.25) is 14.1 Å². The monoisotopic (exact) mass is 442 g/mol. The average Bonchev–Trinajstić information content (AvgIpc) is 2.92. The third-order valence-corrected chi connectivity index (χ3v) is 9.43. The first-order valence-electron chi connectivity index (χ1n) is 10.7. The van der Waals surface area contributed by atoms with Crippen LogP contribution in [0.15, 0.2) is 11.6 Å². The third kappa shape index (κ3) is 3.03. The molecule has 0 aromatic carbocycles. The van der Waals surface area contributed by atoms with Crippen molar-refractivity contribution in [1.29, 1.82) is 0 Å². The summed E-state index contributed by atoms with van der Waals surface area (Å²) < 4.78 is 17.0. The zero-order chi connectivity index (χ0) is 22.1. The van der Waals surface area contributed by atoms with Crippen molar-refractivity contribution in [2.45, 2.75) is 70.5 Å². The maximum Gasteiger partial charge on any atom is 0.470 e. The van der Waals surface area contributed by atoms with Crippen molar-refractivity contribution < 1.29 is 38.7 Å². The molecular weight excluding hydrogens is 411 g/mol. The van der Waals surface area contributed by atoms with Crippen molar-refractivity contribution in [1.82, 2.24) is 0 Å². The van der Waals surface area contributed by atoms with E-state index >= 15 is 0 Å². The van der Waals surface area contributed by atoms with Crippen molar-refractivity contribution in [3.05, 3.63) is 11.6 Å². The van der Waals surface area contributed by atoms with E-state index in [0.717, 1.165) is 18.4 Å². The first kappa shape index (κ1) is 22.3. The van der Waals surface area contributed by atoms with Gasteiger partial charge in [0.15, 0.2) is 11.6 Å². The standard InChI is InChI=1S/C21H31O8P/c1-19-7-5-13(23)9-12(19)3-4-14-15-6-8-21(17(25)11-22,29-30(26,27)28)20(15,2)10-16(24)18(14)19/h9,14-16,18,22,24H,3-8,10-11H2,1-2H3,(H2,26,27,28)/t14-,15-,16-,18+,19-,20-,21+/m0/s1. The van der Waals surface area contributed by atoms with Crippen LogP contribution in [-0.2, 0) is 18.7 Å². The lowest BCUT2D eigenvalue weighted by molar-refractivity contribution is -0.179. The van der Waals surface area contributed by atoms with E-state index in [2.05, 4.69) is 6.92 Å². The van der Waals surface area contributed by atoms with Gasteiger partial charge in [0.25, 0.3) is 0 Å². The molecule has 8 nitrogen and oxygen atoms in total. The normalized spacial score (nSPS) is 45.9. The quantitative estimate of drug-likeness (QED) is 0.484. The van der Waals surface area contributed by atoms with E-state index in [1.165, 1.54) is 0 Å². The predicted octanol–water partition coefficient (Wildman–Crippen LogP) is 1.90. The van der Waals surface area contributed by atoms with Gasteiger partial charge < -0.3 is 20.0 Å². The van der Waals surface area contributed by atoms with E-state index in [0.29, 0.717) is 19.3 Å². The van der Waals surface area contributed by atoms with Crippen LogP contribution in [0, 0.1) is 28.6 Å². The van der Waals surface area contributed by atoms with Crippen molar-refractivity contribution >= 4 is 19.4 Å². The van der Waals surface area contributed by atoms with Gasteiger partial charge in [-0.1, -0.05) is 19.4 Å². The molecule has 3 fully saturated rings. The number of phosphoric acid groups is 1. The topological polar surface area (TPSA) is 141 Å². The zero-order valence-corrected chi connectivity index (χ0v) is 18.3.